The molecule has 0 saturated heterocycles. The summed E-state index contributed by atoms with van der Waals surface area (Å²) in [5, 5.41) is 7.41. The summed E-state index contributed by atoms with van der Waals surface area (Å²) in [6.45, 7) is 6.15. The Morgan fingerprint density at radius 2 is 2.04 bits per heavy atom. The van der Waals surface area contributed by atoms with Gasteiger partial charge in [0, 0.05) is 30.7 Å². The molecule has 3 aromatic rings. The second-order valence-electron chi connectivity index (χ2n) is 6.95. The number of aromatic nitrogens is 2. The summed E-state index contributed by atoms with van der Waals surface area (Å²) in [5.74, 6) is 0.477. The lowest BCUT2D eigenvalue weighted by molar-refractivity contribution is 0.102. The van der Waals surface area contributed by atoms with Crippen molar-refractivity contribution < 1.29 is 9.53 Å². The van der Waals surface area contributed by atoms with Crippen LogP contribution in [0.15, 0.2) is 48.7 Å². The maximum atomic E-state index is 12.7. The summed E-state index contributed by atoms with van der Waals surface area (Å²) in [6.07, 6.45) is 2.83. The number of amides is 1. The predicted octanol–water partition coefficient (Wildman–Crippen LogP) is 3.82. The molecule has 6 heteroatoms. The Kier molecular flexibility index (Phi) is 4.77. The van der Waals surface area contributed by atoms with Crippen LogP contribution in [0, 0.1) is 6.92 Å². The number of nitrogens with one attached hydrogen (secondary N) is 1. The van der Waals surface area contributed by atoms with E-state index in [-0.39, 0.29) is 5.91 Å². The van der Waals surface area contributed by atoms with E-state index in [1.54, 1.807) is 24.1 Å². The second-order valence-corrected chi connectivity index (χ2v) is 6.95. The Balaban J connectivity index is 1.55. The molecule has 1 aliphatic heterocycles. The quantitative estimate of drug-likeness (QED) is 0.735. The number of ether oxygens (including phenoxy) is 1. The van der Waals surface area contributed by atoms with Gasteiger partial charge in [0.15, 0.2) is 5.69 Å². The lowest BCUT2D eigenvalue weighted by atomic mass is 10.1. The molecule has 2 heterocycles. The van der Waals surface area contributed by atoms with Gasteiger partial charge >= 0.3 is 0 Å². The Labute approximate surface area is 164 Å². The van der Waals surface area contributed by atoms with Crippen LogP contribution in [-0.4, -0.2) is 35.9 Å². The molecule has 1 amide bonds. The van der Waals surface area contributed by atoms with Gasteiger partial charge in [0.2, 0.25) is 0 Å². The maximum absolute atomic E-state index is 12.7. The number of hydrogen-bond donors (Lipinski definition) is 1. The van der Waals surface area contributed by atoms with Crippen molar-refractivity contribution >= 4 is 17.3 Å². The van der Waals surface area contributed by atoms with Crippen LogP contribution in [-0.2, 0) is 6.42 Å². The van der Waals surface area contributed by atoms with E-state index in [2.05, 4.69) is 28.3 Å². The second kappa shape index (κ2) is 7.38. The van der Waals surface area contributed by atoms with Crippen molar-refractivity contribution in [3.05, 3.63) is 65.5 Å². The van der Waals surface area contributed by atoms with E-state index in [0.29, 0.717) is 11.4 Å². The van der Waals surface area contributed by atoms with Crippen LogP contribution in [0.5, 0.6) is 5.75 Å². The summed E-state index contributed by atoms with van der Waals surface area (Å²) in [4.78, 5) is 15.0. The normalized spacial score (nSPS) is 12.8. The summed E-state index contributed by atoms with van der Waals surface area (Å²) in [5.41, 5.74) is 5.57. The van der Waals surface area contributed by atoms with E-state index >= 15 is 0 Å². The van der Waals surface area contributed by atoms with Crippen molar-refractivity contribution in [3.8, 4) is 11.4 Å². The molecule has 1 aromatic heterocycles. The van der Waals surface area contributed by atoms with E-state index in [1.165, 1.54) is 11.3 Å². The van der Waals surface area contributed by atoms with Gasteiger partial charge in [0.1, 0.15) is 11.4 Å². The highest BCUT2D eigenvalue weighted by Gasteiger charge is 2.19. The first-order chi connectivity index (χ1) is 13.6. The molecule has 0 saturated carbocycles. The smallest absolute Gasteiger partial charge is 0.276 e. The van der Waals surface area contributed by atoms with Crippen molar-refractivity contribution in [2.75, 3.05) is 30.4 Å². The van der Waals surface area contributed by atoms with E-state index in [1.807, 2.05) is 37.3 Å². The summed E-state index contributed by atoms with van der Waals surface area (Å²) in [7, 11) is 1.62. The zero-order valence-electron chi connectivity index (χ0n) is 16.4. The largest absolute Gasteiger partial charge is 0.494 e. The molecule has 0 spiro atoms. The topological polar surface area (TPSA) is 59.4 Å². The molecule has 0 bridgehead atoms. The number of fused-ring (bicyclic) bond motifs is 1. The van der Waals surface area contributed by atoms with Gasteiger partial charge in [-0.15, -0.1) is 0 Å². The number of carbonyl (C=O) groups excluding carboxylic acids is 1. The van der Waals surface area contributed by atoms with Gasteiger partial charge in [-0.3, -0.25) is 4.79 Å². The Hall–Kier alpha value is -3.28. The van der Waals surface area contributed by atoms with E-state index in [0.717, 1.165) is 36.4 Å². The highest BCUT2D eigenvalue weighted by Crippen LogP contribution is 2.30. The van der Waals surface area contributed by atoms with Gasteiger partial charge < -0.3 is 15.0 Å². The van der Waals surface area contributed by atoms with Gasteiger partial charge in [-0.2, -0.15) is 5.10 Å². The minimum Gasteiger partial charge on any atom is -0.494 e. The van der Waals surface area contributed by atoms with Crippen molar-refractivity contribution in [3.63, 3.8) is 0 Å². The molecule has 144 valence electrons. The number of nitrogens with zero attached hydrogens (tertiary/aromatic N) is 3. The summed E-state index contributed by atoms with van der Waals surface area (Å²) >= 11 is 0. The standard InChI is InChI=1S/C22H24N4O2/c1-4-25-11-9-16-6-7-17(14-19(16)25)23-22(27)18-10-12-26(24-18)20-13-15(2)5-8-21(20)28-3/h5-8,10,12-14H,4,9,11H2,1-3H3,(H,23,27). The molecule has 1 N–H and O–H groups in total. The van der Waals surface area contributed by atoms with Gasteiger partial charge in [0.05, 0.1) is 7.11 Å². The number of hydrogen-bond acceptors (Lipinski definition) is 4. The van der Waals surface area contributed by atoms with E-state index in [4.69, 9.17) is 4.74 Å². The Morgan fingerprint density at radius 3 is 2.82 bits per heavy atom. The van der Waals surface area contributed by atoms with Crippen molar-refractivity contribution in [2.24, 2.45) is 0 Å². The Bertz CT molecular complexity index is 1030. The first-order valence-electron chi connectivity index (χ1n) is 9.49. The molecule has 0 fully saturated rings. The fraction of sp³-hybridized carbons (Fsp3) is 0.273. The fourth-order valence-electron chi connectivity index (χ4n) is 3.61. The molecule has 6 nitrogen and oxygen atoms in total. The first-order valence-corrected chi connectivity index (χ1v) is 9.49. The molecule has 4 rings (SSSR count). The lowest BCUT2D eigenvalue weighted by Gasteiger charge is -2.17. The first kappa shape index (κ1) is 18.1. The van der Waals surface area contributed by atoms with Gasteiger partial charge in [-0.25, -0.2) is 4.68 Å². The highest BCUT2D eigenvalue weighted by molar-refractivity contribution is 6.03. The zero-order chi connectivity index (χ0) is 19.7. The average Bonchev–Trinajstić information content (AvgIpc) is 3.35. The van der Waals surface area contributed by atoms with Crippen LogP contribution in [0.4, 0.5) is 11.4 Å². The fourth-order valence-corrected chi connectivity index (χ4v) is 3.61. The summed E-state index contributed by atoms with van der Waals surface area (Å²) in [6, 6.07) is 13.7. The van der Waals surface area contributed by atoms with Crippen molar-refractivity contribution in [1.82, 2.24) is 9.78 Å². The number of benzene rings is 2. The molecule has 0 unspecified atom stereocenters. The van der Waals surface area contributed by atoms with Crippen LogP contribution >= 0.6 is 0 Å². The third-order valence-corrected chi connectivity index (χ3v) is 5.12. The van der Waals surface area contributed by atoms with Crippen LogP contribution in [0.2, 0.25) is 0 Å². The maximum Gasteiger partial charge on any atom is 0.276 e. The number of rotatable bonds is 5. The van der Waals surface area contributed by atoms with Crippen LogP contribution < -0.4 is 15.0 Å². The van der Waals surface area contributed by atoms with Crippen LogP contribution in [0.3, 0.4) is 0 Å². The molecule has 0 aliphatic carbocycles. The number of methoxy groups -OCH3 is 1. The van der Waals surface area contributed by atoms with Crippen molar-refractivity contribution in [2.45, 2.75) is 20.3 Å². The molecular weight excluding hydrogens is 352 g/mol. The average molecular weight is 376 g/mol. The monoisotopic (exact) mass is 376 g/mol. The third-order valence-electron chi connectivity index (χ3n) is 5.12. The number of aryl methyl sites for hydroxylation is 1. The molecule has 1 aliphatic rings. The number of anilines is 2. The van der Waals surface area contributed by atoms with Gasteiger partial charge in [-0.1, -0.05) is 12.1 Å². The van der Waals surface area contributed by atoms with Gasteiger partial charge in [-0.05, 0) is 61.7 Å². The molecule has 0 atom stereocenters. The zero-order valence-corrected chi connectivity index (χ0v) is 16.4. The van der Waals surface area contributed by atoms with Gasteiger partial charge in [0.25, 0.3) is 5.91 Å². The van der Waals surface area contributed by atoms with E-state index in [9.17, 15) is 4.79 Å². The van der Waals surface area contributed by atoms with Crippen molar-refractivity contribution in [1.29, 1.82) is 0 Å². The molecular formula is C22H24N4O2. The summed E-state index contributed by atoms with van der Waals surface area (Å²) < 4.78 is 7.09. The minimum absolute atomic E-state index is 0.230. The third kappa shape index (κ3) is 3.33. The molecule has 2 aromatic carbocycles. The molecule has 28 heavy (non-hydrogen) atoms. The number of carbonyl (C=O) groups is 1. The van der Waals surface area contributed by atoms with E-state index < -0.39 is 0 Å². The number of likely N-dealkylation sites (N-methyl/N-ethyl adjacent to an activating group) is 1. The van der Waals surface area contributed by atoms with Crippen LogP contribution in [0.25, 0.3) is 5.69 Å². The SMILES string of the molecule is CCN1CCc2ccc(NC(=O)c3ccn(-c4cc(C)ccc4OC)n3)cc21. The minimum atomic E-state index is -0.230. The lowest BCUT2D eigenvalue weighted by Crippen LogP contribution is -2.19. The predicted molar refractivity (Wildman–Crippen MR) is 111 cm³/mol. The molecule has 0 radical (unpaired) electrons. The Morgan fingerprint density at radius 1 is 1.18 bits per heavy atom. The van der Waals surface area contributed by atoms with Crippen LogP contribution in [0.1, 0.15) is 28.5 Å². The highest BCUT2D eigenvalue weighted by atomic mass is 16.5.